The number of carbonyl (C=O) groups is 1. The Hall–Kier alpha value is -3.21. The van der Waals surface area contributed by atoms with Crippen molar-refractivity contribution in [3.05, 3.63) is 78.9 Å². The molecule has 43 heavy (non-hydrogen) atoms. The van der Waals surface area contributed by atoms with Gasteiger partial charge in [-0.05, 0) is 17.7 Å². The van der Waals surface area contributed by atoms with Crippen molar-refractivity contribution >= 4 is 45.4 Å². The number of alkyl halides is 3. The number of rotatable bonds is 14. The Morgan fingerprint density at radius 2 is 1.49 bits per heavy atom. The maximum atomic E-state index is 13.4. The Bertz CT molecular complexity index is 1480. The second kappa shape index (κ2) is 15.0. The van der Waals surface area contributed by atoms with Crippen LogP contribution < -0.4 is 8.59 Å². The van der Waals surface area contributed by atoms with Gasteiger partial charge in [-0.15, -0.1) is 0 Å². The number of anilines is 1. The molecule has 4 aromatic rings. The molecule has 0 aliphatic rings. The van der Waals surface area contributed by atoms with Crippen molar-refractivity contribution in [3.8, 4) is 11.3 Å². The molecule has 3 aromatic heterocycles. The van der Waals surface area contributed by atoms with Gasteiger partial charge in [0.1, 0.15) is 0 Å². The summed E-state index contributed by atoms with van der Waals surface area (Å²) < 4.78 is 48.0. The first-order valence-corrected chi connectivity index (χ1v) is 22.6. The van der Waals surface area contributed by atoms with Crippen LogP contribution in [0.5, 0.6) is 0 Å². The minimum absolute atomic E-state index is 0.00376. The number of imidazole rings is 1. The van der Waals surface area contributed by atoms with Crippen molar-refractivity contribution in [1.29, 1.82) is 0 Å². The molecular weight excluding hydrogens is 658 g/mol. The minimum atomic E-state index is -5.08. The summed E-state index contributed by atoms with van der Waals surface area (Å²) in [6, 6.07) is 13.9. The van der Waals surface area contributed by atoms with Crippen LogP contribution in [0.4, 0.5) is 18.9 Å². The number of hydrazone groups is 1. The maximum absolute atomic E-state index is 13.4. The van der Waals surface area contributed by atoms with Crippen LogP contribution in [-0.2, 0) is 4.79 Å². The molecule has 1 amide bonds. The molecule has 0 aliphatic carbocycles. The summed E-state index contributed by atoms with van der Waals surface area (Å²) in [4.78, 5) is 20.9. The zero-order valence-electron chi connectivity index (χ0n) is 25.1. The van der Waals surface area contributed by atoms with Crippen LogP contribution in [0.25, 0.3) is 16.9 Å². The summed E-state index contributed by atoms with van der Waals surface area (Å²) in [5, 5.41) is 4.23. The third-order valence-corrected chi connectivity index (χ3v) is 23.5. The van der Waals surface area contributed by atoms with Gasteiger partial charge in [0.15, 0.2) is 0 Å². The Kier molecular flexibility index (Phi) is 11.4. The Morgan fingerprint density at radius 3 is 2.05 bits per heavy atom. The summed E-state index contributed by atoms with van der Waals surface area (Å²) in [7, 11) is 0. The first-order chi connectivity index (χ1) is 20.7. The quantitative estimate of drug-likeness (QED) is 0.0756. The summed E-state index contributed by atoms with van der Waals surface area (Å²) >= 11 is -2.63. The van der Waals surface area contributed by atoms with E-state index >= 15 is 0 Å². The zero-order chi connectivity index (χ0) is 30.9. The van der Waals surface area contributed by atoms with Gasteiger partial charge in [-0.3, -0.25) is 4.98 Å². The van der Waals surface area contributed by atoms with Gasteiger partial charge in [0.25, 0.3) is 0 Å². The molecule has 0 spiro atoms. The van der Waals surface area contributed by atoms with E-state index in [1.54, 1.807) is 27.8 Å². The van der Waals surface area contributed by atoms with Crippen LogP contribution in [0.2, 0.25) is 13.3 Å². The number of carbonyl (C=O) groups excluding carboxylic acids is 1. The molecule has 228 valence electrons. The van der Waals surface area contributed by atoms with Crippen molar-refractivity contribution < 1.29 is 18.0 Å². The van der Waals surface area contributed by atoms with Gasteiger partial charge in [0.05, 0.1) is 0 Å². The molecule has 0 radical (unpaired) electrons. The van der Waals surface area contributed by atoms with E-state index in [1.165, 1.54) is 82.6 Å². The molecule has 0 fully saturated rings. The predicted molar refractivity (Wildman–Crippen MR) is 171 cm³/mol. The fraction of sp³-hybridized carbons (Fsp3) is 0.394. The third kappa shape index (κ3) is 8.25. The molecule has 3 heterocycles. The van der Waals surface area contributed by atoms with Gasteiger partial charge in [-0.25, -0.2) is 0 Å². The number of unbranched alkanes of at least 4 members (excludes halogenated alkanes) is 3. The van der Waals surface area contributed by atoms with Gasteiger partial charge < -0.3 is 0 Å². The Labute approximate surface area is 255 Å². The number of halogens is 3. The molecular formula is C33H40F3N5OSn. The molecule has 1 aromatic carbocycles. The third-order valence-electron chi connectivity index (χ3n) is 7.96. The summed E-state index contributed by atoms with van der Waals surface area (Å²) in [6.07, 6.45) is 10.9. The number of hydrogen-bond donors (Lipinski definition) is 0. The summed E-state index contributed by atoms with van der Waals surface area (Å²) in [6.45, 7) is 6.83. The van der Waals surface area contributed by atoms with E-state index in [9.17, 15) is 18.0 Å². The number of benzene rings is 1. The molecule has 6 nitrogen and oxygen atoms in total. The first kappa shape index (κ1) is 32.7. The molecule has 10 heteroatoms. The van der Waals surface area contributed by atoms with E-state index in [4.69, 9.17) is 4.98 Å². The molecule has 0 saturated heterocycles. The first-order valence-electron chi connectivity index (χ1n) is 15.2. The van der Waals surface area contributed by atoms with Crippen molar-refractivity contribution in [2.75, 3.05) is 5.01 Å². The van der Waals surface area contributed by atoms with E-state index < -0.39 is 30.5 Å². The van der Waals surface area contributed by atoms with Crippen LogP contribution in [0, 0.1) is 0 Å². The predicted octanol–water partition coefficient (Wildman–Crippen LogP) is 8.38. The number of aromatic nitrogens is 3. The van der Waals surface area contributed by atoms with Crippen LogP contribution in [0.3, 0.4) is 0 Å². The second-order valence-electron chi connectivity index (χ2n) is 11.1. The van der Waals surface area contributed by atoms with Crippen molar-refractivity contribution in [2.45, 2.75) is 78.8 Å². The van der Waals surface area contributed by atoms with Crippen molar-refractivity contribution in [3.63, 3.8) is 0 Å². The average Bonchev–Trinajstić information content (AvgIpc) is 3.45. The molecule has 4 rings (SSSR count). The molecule has 0 bridgehead atoms. The van der Waals surface area contributed by atoms with Gasteiger partial charge in [-0.1, -0.05) is 0 Å². The SMILES string of the molecule is CCC[CH2][Sn]([CH2]CCC)([CH2]CCC)[c]1ccc2nc(-c3ccc(N(N=Cc4ccncc4)C(=O)C(F)(F)F)cc3)cn2c1. The topological polar surface area (TPSA) is 62.9 Å². The normalized spacial score (nSPS) is 12.3. The summed E-state index contributed by atoms with van der Waals surface area (Å²) in [5.74, 6) is -2.07. The molecule has 0 atom stereocenters. The van der Waals surface area contributed by atoms with E-state index in [2.05, 4.69) is 53.6 Å². The van der Waals surface area contributed by atoms with Gasteiger partial charge >= 0.3 is 209 Å². The van der Waals surface area contributed by atoms with E-state index in [-0.39, 0.29) is 5.69 Å². The van der Waals surface area contributed by atoms with Crippen molar-refractivity contribution in [2.24, 2.45) is 5.10 Å². The monoisotopic (exact) mass is 699 g/mol. The van der Waals surface area contributed by atoms with Crippen LogP contribution in [-0.4, -0.2) is 51.0 Å². The van der Waals surface area contributed by atoms with Gasteiger partial charge in [0.2, 0.25) is 0 Å². The Balaban J connectivity index is 1.65. The standard InChI is InChI=1S/C21H13F3N5O.3C4H9.Sn/c22-21(23,24)20(30)29(26-13-15-8-10-25-11-9-15)17-6-4-16(5-7-17)18-14-28-12-2-1-3-19(28)27-18;3*1-3-4-2;/h1,3-14H;3*1,3-4H2,2H3;. The number of pyridine rings is 2. The van der Waals surface area contributed by atoms with Crippen LogP contribution in [0.1, 0.15) is 64.9 Å². The fourth-order valence-corrected chi connectivity index (χ4v) is 21.4. The average molecular weight is 698 g/mol. The molecule has 0 N–H and O–H groups in total. The van der Waals surface area contributed by atoms with E-state index in [0.29, 0.717) is 16.3 Å². The second-order valence-corrected chi connectivity index (χ2v) is 24.3. The van der Waals surface area contributed by atoms with Gasteiger partial charge in [-0.2, -0.15) is 13.2 Å². The number of amides is 1. The molecule has 0 aliphatic heterocycles. The fourth-order valence-electron chi connectivity index (χ4n) is 5.50. The zero-order valence-corrected chi connectivity index (χ0v) is 28.0. The van der Waals surface area contributed by atoms with E-state index in [1.807, 2.05) is 6.20 Å². The van der Waals surface area contributed by atoms with Crippen LogP contribution >= 0.6 is 0 Å². The molecule has 0 unspecified atom stereocenters. The van der Waals surface area contributed by atoms with Crippen LogP contribution in [0.15, 0.2) is 78.4 Å². The molecule has 0 saturated carbocycles. The number of fused-ring (bicyclic) bond motifs is 1. The van der Waals surface area contributed by atoms with E-state index in [0.717, 1.165) is 11.2 Å². The Morgan fingerprint density at radius 1 is 0.884 bits per heavy atom. The number of nitrogens with zero attached hydrogens (tertiary/aromatic N) is 5. The number of hydrogen-bond acceptors (Lipinski definition) is 4. The van der Waals surface area contributed by atoms with Crippen molar-refractivity contribution in [1.82, 2.24) is 14.4 Å². The van der Waals surface area contributed by atoms with Gasteiger partial charge in [0, 0.05) is 12.4 Å². The summed E-state index contributed by atoms with van der Waals surface area (Å²) in [5.41, 5.74) is 2.81.